The van der Waals surface area contributed by atoms with Crippen molar-refractivity contribution in [2.45, 2.75) is 88.5 Å². The molecule has 1 fully saturated rings. The van der Waals surface area contributed by atoms with Gasteiger partial charge < -0.3 is 9.84 Å². The molecule has 1 saturated carbocycles. The van der Waals surface area contributed by atoms with Crippen molar-refractivity contribution in [1.82, 2.24) is 15.0 Å². The zero-order chi connectivity index (χ0) is 28.9. The Morgan fingerprint density at radius 3 is 2.57 bits per heavy atom. The van der Waals surface area contributed by atoms with Gasteiger partial charge in [0.2, 0.25) is 0 Å². The SMILES string of the molecule is CCCCC(CC)COc1ccc(-c2nc(SC3CCCC3)nc(-c3cc4ccccc4c4c3C=CCC4)n2)c(O)c1. The molecule has 1 aromatic heterocycles. The fraction of sp³-hybridized carbons (Fsp3) is 0.417. The summed E-state index contributed by atoms with van der Waals surface area (Å²) in [4.78, 5) is 14.9. The highest BCUT2D eigenvalue weighted by atomic mass is 32.2. The maximum atomic E-state index is 11.2. The van der Waals surface area contributed by atoms with Gasteiger partial charge in [0.15, 0.2) is 16.8 Å². The van der Waals surface area contributed by atoms with E-state index in [0.29, 0.717) is 40.7 Å². The minimum atomic E-state index is 0.128. The molecule has 2 aliphatic rings. The third kappa shape index (κ3) is 6.34. The number of ether oxygens (including phenoxy) is 1. The van der Waals surface area contributed by atoms with Crippen molar-refractivity contribution in [2.75, 3.05) is 6.61 Å². The van der Waals surface area contributed by atoms with E-state index in [0.717, 1.165) is 30.0 Å². The van der Waals surface area contributed by atoms with Crippen LogP contribution in [0.25, 0.3) is 39.6 Å². The van der Waals surface area contributed by atoms with Gasteiger partial charge in [-0.15, -0.1) is 0 Å². The third-order valence-corrected chi connectivity index (χ3v) is 9.91. The molecule has 3 aromatic carbocycles. The first-order chi connectivity index (χ1) is 20.6. The van der Waals surface area contributed by atoms with Crippen LogP contribution in [0.4, 0.5) is 0 Å². The van der Waals surface area contributed by atoms with Crippen LogP contribution in [0.3, 0.4) is 0 Å². The summed E-state index contributed by atoms with van der Waals surface area (Å²) >= 11 is 1.75. The zero-order valence-corrected chi connectivity index (χ0v) is 25.6. The quantitative estimate of drug-likeness (QED) is 0.191. The Bertz CT molecular complexity index is 1580. The Balaban J connectivity index is 1.38. The molecular weight excluding hydrogens is 538 g/mol. The van der Waals surface area contributed by atoms with E-state index < -0.39 is 0 Å². The molecule has 0 spiro atoms. The van der Waals surface area contributed by atoms with E-state index in [4.69, 9.17) is 19.7 Å². The number of hydrogen-bond donors (Lipinski definition) is 1. The minimum absolute atomic E-state index is 0.128. The summed E-state index contributed by atoms with van der Waals surface area (Å²) in [7, 11) is 0. The van der Waals surface area contributed by atoms with Crippen molar-refractivity contribution in [3.05, 3.63) is 65.7 Å². The van der Waals surface area contributed by atoms with E-state index >= 15 is 0 Å². The molecule has 0 amide bonds. The molecule has 1 unspecified atom stereocenters. The smallest absolute Gasteiger partial charge is 0.191 e. The summed E-state index contributed by atoms with van der Waals surface area (Å²) in [6.07, 6.45) is 16.0. The lowest BCUT2D eigenvalue weighted by molar-refractivity contribution is 0.232. The lowest BCUT2D eigenvalue weighted by atomic mass is 9.88. The number of hydrogen-bond acceptors (Lipinski definition) is 6. The van der Waals surface area contributed by atoms with Gasteiger partial charge in [-0.2, -0.15) is 0 Å². The number of phenols is 1. The second-order valence-electron chi connectivity index (χ2n) is 11.7. The van der Waals surface area contributed by atoms with E-state index in [2.05, 4.69) is 56.3 Å². The van der Waals surface area contributed by atoms with Crippen LogP contribution in [0, 0.1) is 5.92 Å². The predicted molar refractivity (Wildman–Crippen MR) is 174 cm³/mol. The molecule has 0 bridgehead atoms. The Labute approximate surface area is 253 Å². The monoisotopic (exact) mass is 579 g/mol. The molecule has 1 atom stereocenters. The van der Waals surface area contributed by atoms with Crippen LogP contribution < -0.4 is 4.74 Å². The van der Waals surface area contributed by atoms with Gasteiger partial charge in [-0.1, -0.05) is 94.1 Å². The Kier molecular flexibility index (Phi) is 9.09. The normalized spacial score (nSPS) is 15.7. The highest BCUT2D eigenvalue weighted by molar-refractivity contribution is 7.99. The molecule has 6 heteroatoms. The summed E-state index contributed by atoms with van der Waals surface area (Å²) in [5, 5.41) is 14.9. The van der Waals surface area contributed by atoms with Crippen molar-refractivity contribution < 1.29 is 9.84 Å². The standard InChI is InChI=1S/C36H41N3O2S/c1-3-5-12-24(4-2)23-41-26-19-20-31(33(40)22-26)34-37-35(39-36(38-34)42-27-14-7-8-15-27)32-21-25-13-6-9-16-28(25)29-17-10-11-18-30(29)32/h6,9,11,13,16,18-22,24,27,40H,3-5,7-8,10,12,14-15,17,23H2,1-2H3. The summed E-state index contributed by atoms with van der Waals surface area (Å²) in [5.74, 6) is 2.49. The van der Waals surface area contributed by atoms with E-state index in [-0.39, 0.29) is 5.75 Å². The Morgan fingerprint density at radius 2 is 1.79 bits per heavy atom. The van der Waals surface area contributed by atoms with Gasteiger partial charge in [0.25, 0.3) is 0 Å². The first-order valence-electron chi connectivity index (χ1n) is 15.7. The number of aromatic hydroxyl groups is 1. The van der Waals surface area contributed by atoms with Crippen molar-refractivity contribution in [3.8, 4) is 34.3 Å². The lowest BCUT2D eigenvalue weighted by Crippen LogP contribution is -2.11. The summed E-state index contributed by atoms with van der Waals surface area (Å²) < 4.78 is 6.11. The fourth-order valence-corrected chi connectivity index (χ4v) is 7.37. The Hall–Kier alpha value is -3.38. The van der Waals surface area contributed by atoms with Gasteiger partial charge in [-0.25, -0.2) is 15.0 Å². The van der Waals surface area contributed by atoms with Crippen molar-refractivity contribution >= 4 is 28.6 Å². The van der Waals surface area contributed by atoms with Gasteiger partial charge in [0.1, 0.15) is 11.5 Å². The molecule has 1 N–H and O–H groups in total. The van der Waals surface area contributed by atoms with Crippen LogP contribution in [0.5, 0.6) is 11.5 Å². The molecule has 42 heavy (non-hydrogen) atoms. The fourth-order valence-electron chi connectivity index (χ4n) is 6.22. The number of aryl methyl sites for hydroxylation is 1. The maximum Gasteiger partial charge on any atom is 0.191 e. The molecule has 4 aromatic rings. The van der Waals surface area contributed by atoms with Crippen LogP contribution in [0.1, 0.15) is 82.8 Å². The largest absolute Gasteiger partial charge is 0.507 e. The molecule has 1 heterocycles. The molecule has 0 radical (unpaired) electrons. The minimum Gasteiger partial charge on any atom is -0.507 e. The molecule has 218 valence electrons. The maximum absolute atomic E-state index is 11.2. The zero-order valence-electron chi connectivity index (χ0n) is 24.8. The molecule has 0 saturated heterocycles. The van der Waals surface area contributed by atoms with Crippen molar-refractivity contribution in [1.29, 1.82) is 0 Å². The van der Waals surface area contributed by atoms with Gasteiger partial charge >= 0.3 is 0 Å². The van der Waals surface area contributed by atoms with Gasteiger partial charge in [0, 0.05) is 16.9 Å². The molecule has 6 rings (SSSR count). The summed E-state index contributed by atoms with van der Waals surface area (Å²) in [6.45, 7) is 5.10. The number of fused-ring (bicyclic) bond motifs is 3. The number of rotatable bonds is 11. The highest BCUT2D eigenvalue weighted by Crippen LogP contribution is 2.39. The predicted octanol–water partition coefficient (Wildman–Crippen LogP) is 9.65. The molecule has 5 nitrogen and oxygen atoms in total. The summed E-state index contributed by atoms with van der Waals surface area (Å²) in [5.41, 5.74) is 4.16. The number of thioether (sulfide) groups is 1. The van der Waals surface area contributed by atoms with Crippen LogP contribution in [-0.4, -0.2) is 31.9 Å². The Morgan fingerprint density at radius 1 is 0.976 bits per heavy atom. The average molecular weight is 580 g/mol. The summed E-state index contributed by atoms with van der Waals surface area (Å²) in [6, 6.07) is 16.3. The number of unbranched alkanes of at least 4 members (excludes halogenated alkanes) is 1. The number of aromatic nitrogens is 3. The van der Waals surface area contributed by atoms with E-state index in [1.165, 1.54) is 66.8 Å². The van der Waals surface area contributed by atoms with Crippen LogP contribution in [0.2, 0.25) is 0 Å². The van der Waals surface area contributed by atoms with E-state index in [1.807, 2.05) is 12.1 Å². The molecule has 2 aliphatic carbocycles. The average Bonchev–Trinajstić information content (AvgIpc) is 3.53. The van der Waals surface area contributed by atoms with Gasteiger partial charge in [-0.3, -0.25) is 0 Å². The van der Waals surface area contributed by atoms with Crippen molar-refractivity contribution in [2.24, 2.45) is 5.92 Å². The van der Waals surface area contributed by atoms with E-state index in [9.17, 15) is 5.11 Å². The van der Waals surface area contributed by atoms with Crippen LogP contribution in [-0.2, 0) is 6.42 Å². The first-order valence-corrected chi connectivity index (χ1v) is 16.6. The molecular formula is C36H41N3O2S. The lowest BCUT2D eigenvalue weighted by Gasteiger charge is -2.19. The number of benzene rings is 3. The second kappa shape index (κ2) is 13.3. The van der Waals surface area contributed by atoms with Crippen molar-refractivity contribution in [3.63, 3.8) is 0 Å². The highest BCUT2D eigenvalue weighted by Gasteiger charge is 2.23. The topological polar surface area (TPSA) is 68.1 Å². The van der Waals surface area contributed by atoms with Gasteiger partial charge in [-0.05, 0) is 78.1 Å². The van der Waals surface area contributed by atoms with Crippen LogP contribution >= 0.6 is 11.8 Å². The van der Waals surface area contributed by atoms with E-state index in [1.54, 1.807) is 17.8 Å². The van der Waals surface area contributed by atoms with Gasteiger partial charge in [0.05, 0.1) is 12.2 Å². The third-order valence-electron chi connectivity index (χ3n) is 8.72. The number of allylic oxidation sites excluding steroid dienone is 1. The van der Waals surface area contributed by atoms with Crippen LogP contribution in [0.15, 0.2) is 59.8 Å². The second-order valence-corrected chi connectivity index (χ2v) is 12.9. The first kappa shape index (κ1) is 28.7. The molecule has 0 aliphatic heterocycles. The number of nitrogens with zero attached hydrogens (tertiary/aromatic N) is 3. The number of phenolic OH excluding ortho intramolecular Hbond substituents is 1.